The van der Waals surface area contributed by atoms with E-state index in [1.54, 1.807) is 30.3 Å². The van der Waals surface area contributed by atoms with E-state index in [9.17, 15) is 9.18 Å². The lowest BCUT2D eigenvalue weighted by Crippen LogP contribution is -2.07. The zero-order valence-electron chi connectivity index (χ0n) is 10.1. The molecule has 0 aliphatic heterocycles. The van der Waals surface area contributed by atoms with Gasteiger partial charge in [-0.05, 0) is 29.8 Å². The van der Waals surface area contributed by atoms with Crippen molar-refractivity contribution in [2.75, 3.05) is 7.11 Å². The molecule has 0 radical (unpaired) electrons. The quantitative estimate of drug-likeness (QED) is 0.490. The van der Waals surface area contributed by atoms with Gasteiger partial charge in [0, 0.05) is 11.8 Å². The second-order valence-corrected chi connectivity index (χ2v) is 4.79. The molecule has 0 aliphatic rings. The highest BCUT2D eigenvalue weighted by molar-refractivity contribution is 9.09. The number of halogens is 2. The number of benzene rings is 1. The summed E-state index contributed by atoms with van der Waals surface area (Å²) in [6, 6.07) is 9.66. The Balaban J connectivity index is 2.28. The fourth-order valence-electron chi connectivity index (χ4n) is 1.65. The average Bonchev–Trinajstić information content (AvgIpc) is 2.45. The van der Waals surface area contributed by atoms with Gasteiger partial charge in [0.15, 0.2) is 5.78 Å². The van der Waals surface area contributed by atoms with Crippen LogP contribution in [0.25, 0.3) is 0 Å². The van der Waals surface area contributed by atoms with E-state index in [1.807, 2.05) is 0 Å². The van der Waals surface area contributed by atoms with Gasteiger partial charge >= 0.3 is 0 Å². The molecule has 3 nitrogen and oxygen atoms in total. The normalized spacial score (nSPS) is 11.9. The lowest BCUT2D eigenvalue weighted by atomic mass is 10.0. The number of ether oxygens (including phenoxy) is 1. The molecule has 0 spiro atoms. The van der Waals surface area contributed by atoms with E-state index in [1.165, 1.54) is 19.4 Å². The summed E-state index contributed by atoms with van der Waals surface area (Å²) in [6.45, 7) is 0. The van der Waals surface area contributed by atoms with Gasteiger partial charge in [0.25, 0.3) is 0 Å². The third kappa shape index (κ3) is 3.17. The van der Waals surface area contributed by atoms with Crippen LogP contribution in [0.5, 0.6) is 5.75 Å². The third-order valence-corrected chi connectivity index (χ3v) is 3.57. The fraction of sp³-hybridized carbons (Fsp3) is 0.143. The van der Waals surface area contributed by atoms with E-state index in [2.05, 4.69) is 20.9 Å². The number of hydrogen-bond donors (Lipinski definition) is 0. The molecule has 1 atom stereocenters. The van der Waals surface area contributed by atoms with E-state index in [0.29, 0.717) is 16.9 Å². The van der Waals surface area contributed by atoms with Gasteiger partial charge in [-0.1, -0.05) is 28.1 Å². The lowest BCUT2D eigenvalue weighted by molar-refractivity contribution is 0.0991. The van der Waals surface area contributed by atoms with Crippen LogP contribution in [0.15, 0.2) is 42.6 Å². The van der Waals surface area contributed by atoms with E-state index in [-0.39, 0.29) is 5.78 Å². The number of hydrogen-bond acceptors (Lipinski definition) is 3. The predicted octanol–water partition coefficient (Wildman–Crippen LogP) is 3.55. The largest absolute Gasteiger partial charge is 0.497 e. The summed E-state index contributed by atoms with van der Waals surface area (Å²) in [6.07, 6.45) is 1.33. The number of methoxy groups -OCH3 is 1. The Morgan fingerprint density at radius 2 is 2.16 bits per heavy atom. The van der Waals surface area contributed by atoms with Gasteiger partial charge in [-0.2, -0.15) is 4.39 Å². The van der Waals surface area contributed by atoms with Crippen molar-refractivity contribution >= 4 is 21.7 Å². The average molecular weight is 324 g/mol. The van der Waals surface area contributed by atoms with Crippen molar-refractivity contribution in [2.45, 2.75) is 4.83 Å². The minimum Gasteiger partial charge on any atom is -0.497 e. The van der Waals surface area contributed by atoms with Crippen molar-refractivity contribution < 1.29 is 13.9 Å². The van der Waals surface area contributed by atoms with Crippen LogP contribution < -0.4 is 4.74 Å². The van der Waals surface area contributed by atoms with Crippen LogP contribution in [0, 0.1) is 5.95 Å². The van der Waals surface area contributed by atoms with Gasteiger partial charge in [0.05, 0.1) is 7.11 Å². The number of carbonyl (C=O) groups excluding carboxylic acids is 1. The first-order valence-electron chi connectivity index (χ1n) is 5.55. The van der Waals surface area contributed by atoms with Gasteiger partial charge < -0.3 is 4.74 Å². The molecule has 1 aromatic heterocycles. The Kier molecular flexibility index (Phi) is 4.27. The molecule has 0 saturated carbocycles. The number of alkyl halides is 1. The fourth-order valence-corrected chi connectivity index (χ4v) is 2.20. The maximum Gasteiger partial charge on any atom is 0.213 e. The minimum atomic E-state index is -0.614. The Hall–Kier alpha value is -1.75. The van der Waals surface area contributed by atoms with Gasteiger partial charge in [-0.3, -0.25) is 4.79 Å². The Morgan fingerprint density at radius 3 is 2.84 bits per heavy atom. The second-order valence-electron chi connectivity index (χ2n) is 3.87. The highest BCUT2D eigenvalue weighted by Crippen LogP contribution is 2.28. The lowest BCUT2D eigenvalue weighted by Gasteiger charge is -2.10. The molecule has 0 bridgehead atoms. The predicted molar refractivity (Wildman–Crippen MR) is 73.2 cm³/mol. The number of carbonyl (C=O) groups is 1. The third-order valence-electron chi connectivity index (χ3n) is 2.63. The number of Topliss-reactive ketones (excluding diaryl/α,β-unsaturated/α-hetero) is 1. The van der Waals surface area contributed by atoms with Crippen LogP contribution in [0.3, 0.4) is 0 Å². The number of rotatable bonds is 4. The molecule has 1 aromatic carbocycles. The monoisotopic (exact) mass is 323 g/mol. The molecule has 0 saturated heterocycles. The van der Waals surface area contributed by atoms with Crippen molar-refractivity contribution in [3.63, 3.8) is 0 Å². The first-order chi connectivity index (χ1) is 9.11. The van der Waals surface area contributed by atoms with Gasteiger partial charge in [-0.25, -0.2) is 4.98 Å². The summed E-state index contributed by atoms with van der Waals surface area (Å²) in [5.41, 5.74) is 1.03. The van der Waals surface area contributed by atoms with Crippen LogP contribution in [-0.2, 0) is 0 Å². The number of nitrogens with zero attached hydrogens (tertiary/aromatic N) is 1. The summed E-state index contributed by atoms with van der Waals surface area (Å²) in [4.78, 5) is 15.1. The maximum atomic E-state index is 13.0. The molecule has 1 heterocycles. The van der Waals surface area contributed by atoms with Crippen molar-refractivity contribution in [1.82, 2.24) is 4.98 Å². The molecule has 0 fully saturated rings. The van der Waals surface area contributed by atoms with Crippen molar-refractivity contribution in [1.29, 1.82) is 0 Å². The smallest absolute Gasteiger partial charge is 0.213 e. The molecular weight excluding hydrogens is 313 g/mol. The highest BCUT2D eigenvalue weighted by atomic mass is 79.9. The molecule has 19 heavy (non-hydrogen) atoms. The maximum absolute atomic E-state index is 13.0. The molecule has 2 aromatic rings. The van der Waals surface area contributed by atoms with Crippen LogP contribution in [0.1, 0.15) is 20.7 Å². The molecule has 98 valence electrons. The van der Waals surface area contributed by atoms with Crippen molar-refractivity contribution in [2.24, 2.45) is 0 Å². The first-order valence-corrected chi connectivity index (χ1v) is 6.47. The molecule has 2 rings (SSSR count). The minimum absolute atomic E-state index is 0.162. The highest BCUT2D eigenvalue weighted by Gasteiger charge is 2.20. The Morgan fingerprint density at radius 1 is 1.37 bits per heavy atom. The SMILES string of the molecule is COc1cccc(C(=O)C(Br)c2ccnc(F)c2)c1. The van der Waals surface area contributed by atoms with Crippen LogP contribution in [0.4, 0.5) is 4.39 Å². The van der Waals surface area contributed by atoms with Crippen molar-refractivity contribution in [3.8, 4) is 5.75 Å². The molecule has 0 amide bonds. The summed E-state index contributed by atoms with van der Waals surface area (Å²) in [5.74, 6) is -0.170. The van der Waals surface area contributed by atoms with Gasteiger partial charge in [0.1, 0.15) is 10.6 Å². The molecule has 1 unspecified atom stereocenters. The second kappa shape index (κ2) is 5.93. The molecule has 0 aliphatic carbocycles. The van der Waals surface area contributed by atoms with Crippen molar-refractivity contribution in [3.05, 3.63) is 59.7 Å². The molecule has 0 N–H and O–H groups in total. The number of ketones is 1. The standard InChI is InChI=1S/C14H11BrFNO2/c1-19-11-4-2-3-10(7-11)14(18)13(15)9-5-6-17-12(16)8-9/h2-8,13H,1H3. The zero-order chi connectivity index (χ0) is 13.8. The first kappa shape index (κ1) is 13.7. The van der Waals surface area contributed by atoms with E-state index in [0.717, 1.165) is 0 Å². The van der Waals surface area contributed by atoms with Crippen LogP contribution >= 0.6 is 15.9 Å². The van der Waals surface area contributed by atoms with E-state index >= 15 is 0 Å². The van der Waals surface area contributed by atoms with Gasteiger partial charge in [-0.15, -0.1) is 0 Å². The van der Waals surface area contributed by atoms with E-state index in [4.69, 9.17) is 4.74 Å². The van der Waals surface area contributed by atoms with Crippen LogP contribution in [0.2, 0.25) is 0 Å². The van der Waals surface area contributed by atoms with Gasteiger partial charge in [0.2, 0.25) is 5.95 Å². The Labute approximate surface area is 118 Å². The summed E-state index contributed by atoms with van der Waals surface area (Å²) in [7, 11) is 1.54. The Bertz CT molecular complexity index is 604. The van der Waals surface area contributed by atoms with E-state index < -0.39 is 10.8 Å². The topological polar surface area (TPSA) is 39.2 Å². The molecule has 5 heteroatoms. The number of aromatic nitrogens is 1. The molecular formula is C14H11BrFNO2. The zero-order valence-corrected chi connectivity index (χ0v) is 11.7. The van der Waals surface area contributed by atoms with Crippen LogP contribution in [-0.4, -0.2) is 17.9 Å². The summed E-state index contributed by atoms with van der Waals surface area (Å²) in [5, 5.41) is 0. The summed E-state index contributed by atoms with van der Waals surface area (Å²) >= 11 is 3.28. The summed E-state index contributed by atoms with van der Waals surface area (Å²) < 4.78 is 18.1. The number of pyridine rings is 1.